The highest BCUT2D eigenvalue weighted by molar-refractivity contribution is 9.10. The summed E-state index contributed by atoms with van der Waals surface area (Å²) in [6, 6.07) is 5.71. The standard InChI is InChI=1S/C15H21BrN2O/c1-12-5-6-13(11-14(12)16)15(19)17-7-10-18-8-3-2-4-9-18/h5-6,11H,2-4,7-10H2,1H3,(H,17,19). The fraction of sp³-hybridized carbons (Fsp3) is 0.533. The maximum Gasteiger partial charge on any atom is 0.251 e. The summed E-state index contributed by atoms with van der Waals surface area (Å²) < 4.78 is 0.983. The van der Waals surface area contributed by atoms with Crippen LogP contribution in [0.2, 0.25) is 0 Å². The van der Waals surface area contributed by atoms with Crippen molar-refractivity contribution < 1.29 is 4.79 Å². The van der Waals surface area contributed by atoms with Crippen LogP contribution in [0, 0.1) is 6.92 Å². The molecule has 1 aromatic rings. The first-order valence-electron chi connectivity index (χ1n) is 6.93. The van der Waals surface area contributed by atoms with Crippen molar-refractivity contribution in [3.05, 3.63) is 33.8 Å². The molecule has 4 heteroatoms. The van der Waals surface area contributed by atoms with Gasteiger partial charge in [0.15, 0.2) is 0 Å². The van der Waals surface area contributed by atoms with Crippen LogP contribution >= 0.6 is 15.9 Å². The van der Waals surface area contributed by atoms with Gasteiger partial charge in [0.1, 0.15) is 0 Å². The Balaban J connectivity index is 1.78. The molecule has 3 nitrogen and oxygen atoms in total. The number of nitrogens with one attached hydrogen (secondary N) is 1. The van der Waals surface area contributed by atoms with Crippen molar-refractivity contribution in [3.63, 3.8) is 0 Å². The minimum absolute atomic E-state index is 0.0118. The molecule has 1 aliphatic heterocycles. The molecule has 1 amide bonds. The predicted molar refractivity (Wildman–Crippen MR) is 81.5 cm³/mol. The van der Waals surface area contributed by atoms with E-state index in [0.29, 0.717) is 0 Å². The van der Waals surface area contributed by atoms with Crippen molar-refractivity contribution >= 4 is 21.8 Å². The van der Waals surface area contributed by atoms with Gasteiger partial charge in [0.25, 0.3) is 5.91 Å². The van der Waals surface area contributed by atoms with Gasteiger partial charge in [-0.15, -0.1) is 0 Å². The summed E-state index contributed by atoms with van der Waals surface area (Å²) in [6.45, 7) is 6.04. The van der Waals surface area contributed by atoms with E-state index < -0.39 is 0 Å². The van der Waals surface area contributed by atoms with E-state index in [1.54, 1.807) is 0 Å². The molecule has 2 rings (SSSR count). The Hall–Kier alpha value is -0.870. The minimum Gasteiger partial charge on any atom is -0.351 e. The van der Waals surface area contributed by atoms with Crippen molar-refractivity contribution in [3.8, 4) is 0 Å². The molecule has 0 atom stereocenters. The number of nitrogens with zero attached hydrogens (tertiary/aromatic N) is 1. The van der Waals surface area contributed by atoms with Crippen LogP contribution < -0.4 is 5.32 Å². The van der Waals surface area contributed by atoms with Crippen LogP contribution in [0.15, 0.2) is 22.7 Å². The molecule has 1 aliphatic rings. The van der Waals surface area contributed by atoms with Crippen molar-refractivity contribution in [2.75, 3.05) is 26.2 Å². The van der Waals surface area contributed by atoms with Crippen LogP contribution in [-0.2, 0) is 0 Å². The zero-order valence-electron chi connectivity index (χ0n) is 11.4. The Morgan fingerprint density at radius 2 is 2.05 bits per heavy atom. The number of rotatable bonds is 4. The van der Waals surface area contributed by atoms with Crippen LogP contribution in [0.25, 0.3) is 0 Å². The summed E-state index contributed by atoms with van der Waals surface area (Å²) in [4.78, 5) is 14.4. The zero-order valence-corrected chi connectivity index (χ0v) is 13.0. The molecular weight excluding hydrogens is 304 g/mol. The molecule has 0 radical (unpaired) electrons. The average molecular weight is 325 g/mol. The molecular formula is C15H21BrN2O. The molecule has 0 bridgehead atoms. The predicted octanol–water partition coefficient (Wildman–Crippen LogP) is 2.97. The summed E-state index contributed by atoms with van der Waals surface area (Å²) in [5, 5.41) is 2.99. The molecule has 104 valence electrons. The lowest BCUT2D eigenvalue weighted by Gasteiger charge is -2.26. The van der Waals surface area contributed by atoms with Crippen molar-refractivity contribution in [2.45, 2.75) is 26.2 Å². The van der Waals surface area contributed by atoms with Gasteiger partial charge in [-0.1, -0.05) is 28.4 Å². The second-order valence-electron chi connectivity index (χ2n) is 5.12. The largest absolute Gasteiger partial charge is 0.351 e. The Kier molecular flexibility index (Phi) is 5.40. The Labute approximate surface area is 123 Å². The number of carbonyl (C=O) groups excluding carboxylic acids is 1. The molecule has 1 saturated heterocycles. The smallest absolute Gasteiger partial charge is 0.251 e. The van der Waals surface area contributed by atoms with Crippen molar-refractivity contribution in [1.82, 2.24) is 10.2 Å². The summed E-state index contributed by atoms with van der Waals surface area (Å²) in [5.74, 6) is 0.0118. The number of amides is 1. The monoisotopic (exact) mass is 324 g/mol. The highest BCUT2D eigenvalue weighted by atomic mass is 79.9. The van der Waals surface area contributed by atoms with Crippen molar-refractivity contribution in [1.29, 1.82) is 0 Å². The van der Waals surface area contributed by atoms with Crippen LogP contribution in [0.1, 0.15) is 35.2 Å². The molecule has 0 saturated carbocycles. The number of carbonyl (C=O) groups is 1. The van der Waals surface area contributed by atoms with Gasteiger partial charge >= 0.3 is 0 Å². The van der Waals surface area contributed by atoms with Crippen LogP contribution in [-0.4, -0.2) is 37.0 Å². The lowest BCUT2D eigenvalue weighted by molar-refractivity contribution is 0.0946. The van der Waals surface area contributed by atoms with E-state index in [1.165, 1.54) is 32.4 Å². The molecule has 1 fully saturated rings. The molecule has 19 heavy (non-hydrogen) atoms. The van der Waals surface area contributed by atoms with Gasteiger partial charge in [0.2, 0.25) is 0 Å². The fourth-order valence-corrected chi connectivity index (χ4v) is 2.73. The second-order valence-corrected chi connectivity index (χ2v) is 5.98. The van der Waals surface area contributed by atoms with E-state index in [9.17, 15) is 4.79 Å². The highest BCUT2D eigenvalue weighted by Crippen LogP contribution is 2.17. The minimum atomic E-state index is 0.0118. The first-order chi connectivity index (χ1) is 9.16. The lowest BCUT2D eigenvalue weighted by atomic mass is 10.1. The molecule has 0 aliphatic carbocycles. The van der Waals surface area contributed by atoms with Crippen molar-refractivity contribution in [2.24, 2.45) is 0 Å². The van der Waals surface area contributed by atoms with Crippen LogP contribution in [0.3, 0.4) is 0 Å². The van der Waals surface area contributed by atoms with E-state index in [4.69, 9.17) is 0 Å². The number of hydrogen-bond acceptors (Lipinski definition) is 2. The van der Waals surface area contributed by atoms with Gasteiger partial charge in [0.05, 0.1) is 0 Å². The Bertz CT molecular complexity index is 442. The van der Waals surface area contributed by atoms with E-state index in [1.807, 2.05) is 25.1 Å². The van der Waals surface area contributed by atoms with Gasteiger partial charge in [-0.3, -0.25) is 4.79 Å². The third-order valence-corrected chi connectivity index (χ3v) is 4.45. The molecule has 0 spiro atoms. The van der Waals surface area contributed by atoms with E-state index in [2.05, 4.69) is 26.1 Å². The van der Waals surface area contributed by atoms with Gasteiger partial charge in [0, 0.05) is 23.1 Å². The summed E-state index contributed by atoms with van der Waals surface area (Å²) in [7, 11) is 0. The number of hydrogen-bond donors (Lipinski definition) is 1. The SMILES string of the molecule is Cc1ccc(C(=O)NCCN2CCCCC2)cc1Br. The third-order valence-electron chi connectivity index (χ3n) is 3.60. The highest BCUT2D eigenvalue weighted by Gasteiger charge is 2.11. The summed E-state index contributed by atoms with van der Waals surface area (Å²) in [5.41, 5.74) is 1.86. The van der Waals surface area contributed by atoms with Gasteiger partial charge in [-0.05, 0) is 50.6 Å². The number of benzene rings is 1. The van der Waals surface area contributed by atoms with E-state index in [0.717, 1.165) is 28.7 Å². The first kappa shape index (κ1) is 14.5. The Morgan fingerprint density at radius 3 is 2.74 bits per heavy atom. The number of likely N-dealkylation sites (tertiary alicyclic amines) is 1. The number of aryl methyl sites for hydroxylation is 1. The average Bonchev–Trinajstić information content (AvgIpc) is 2.43. The number of halogens is 1. The first-order valence-corrected chi connectivity index (χ1v) is 7.73. The zero-order chi connectivity index (χ0) is 13.7. The van der Waals surface area contributed by atoms with Gasteiger partial charge < -0.3 is 10.2 Å². The Morgan fingerprint density at radius 1 is 1.32 bits per heavy atom. The summed E-state index contributed by atoms with van der Waals surface area (Å²) in [6.07, 6.45) is 3.93. The lowest BCUT2D eigenvalue weighted by Crippen LogP contribution is -2.37. The fourth-order valence-electron chi connectivity index (χ4n) is 2.35. The second kappa shape index (κ2) is 7.06. The van der Waals surface area contributed by atoms with Gasteiger partial charge in [-0.25, -0.2) is 0 Å². The van der Waals surface area contributed by atoms with E-state index >= 15 is 0 Å². The maximum absolute atomic E-state index is 12.0. The third kappa shape index (κ3) is 4.32. The van der Waals surface area contributed by atoms with Gasteiger partial charge in [-0.2, -0.15) is 0 Å². The molecule has 0 unspecified atom stereocenters. The quantitative estimate of drug-likeness (QED) is 0.923. The van der Waals surface area contributed by atoms with Crippen LogP contribution in [0.5, 0.6) is 0 Å². The molecule has 1 heterocycles. The molecule has 1 N–H and O–H groups in total. The molecule has 0 aromatic heterocycles. The topological polar surface area (TPSA) is 32.3 Å². The summed E-state index contributed by atoms with van der Waals surface area (Å²) >= 11 is 3.46. The number of piperidine rings is 1. The van der Waals surface area contributed by atoms with Crippen LogP contribution in [0.4, 0.5) is 0 Å². The molecule has 1 aromatic carbocycles. The normalized spacial score (nSPS) is 16.3. The van der Waals surface area contributed by atoms with E-state index in [-0.39, 0.29) is 5.91 Å². The maximum atomic E-state index is 12.0.